The Morgan fingerprint density at radius 1 is 0.426 bits per heavy atom. The molecule has 0 fully saturated rings. The summed E-state index contributed by atoms with van der Waals surface area (Å²) < 4.78 is 21.4. The van der Waals surface area contributed by atoms with Crippen LogP contribution in [0, 0.1) is 6.92 Å². The molecule has 12 rings (SSSR count). The van der Waals surface area contributed by atoms with Crippen molar-refractivity contribution in [2.75, 3.05) is 14.7 Å². The monoisotopic (exact) mass is 695 g/mol. The van der Waals surface area contributed by atoms with Crippen molar-refractivity contribution in [2.45, 2.75) is 6.92 Å². The maximum Gasteiger partial charge on any atom is 0.262 e. The Bertz CT molecular complexity index is 2970. The van der Waals surface area contributed by atoms with E-state index in [2.05, 4.69) is 155 Å². The number of furan rings is 2. The summed E-state index contributed by atoms with van der Waals surface area (Å²) in [5, 5.41) is 2.14. The number of benzene rings is 7. The minimum atomic E-state index is -0.189. The van der Waals surface area contributed by atoms with E-state index in [1.807, 2.05) is 30.3 Å². The van der Waals surface area contributed by atoms with E-state index in [0.29, 0.717) is 0 Å². The predicted octanol–water partition coefficient (Wildman–Crippen LogP) is 11.1. The van der Waals surface area contributed by atoms with Crippen LogP contribution in [0.1, 0.15) is 5.56 Å². The summed E-state index contributed by atoms with van der Waals surface area (Å²) in [6.07, 6.45) is 0. The molecule has 0 saturated carbocycles. The summed E-state index contributed by atoms with van der Waals surface area (Å²) in [5.74, 6) is 3.06. The summed E-state index contributed by atoms with van der Waals surface area (Å²) in [6.45, 7) is 1.98. The molecule has 9 aromatic rings. The molecule has 54 heavy (non-hydrogen) atoms. The van der Waals surface area contributed by atoms with Crippen LogP contribution in [0.3, 0.4) is 0 Å². The van der Waals surface area contributed by atoms with Crippen LogP contribution in [-0.4, -0.2) is 6.71 Å². The van der Waals surface area contributed by atoms with Crippen molar-refractivity contribution < 1.29 is 13.6 Å². The Morgan fingerprint density at radius 2 is 0.963 bits per heavy atom. The first-order valence-corrected chi connectivity index (χ1v) is 18.3. The van der Waals surface area contributed by atoms with E-state index < -0.39 is 0 Å². The normalized spacial score (nSPS) is 13.6. The first-order valence-electron chi connectivity index (χ1n) is 18.3. The van der Waals surface area contributed by atoms with Crippen molar-refractivity contribution in [1.29, 1.82) is 0 Å². The summed E-state index contributed by atoms with van der Waals surface area (Å²) in [5.41, 5.74) is 13.1. The molecule has 0 amide bonds. The molecule has 2 aromatic heterocycles. The first kappa shape index (κ1) is 29.5. The Labute approximate surface area is 311 Å². The molecule has 5 heterocycles. The average molecular weight is 696 g/mol. The number of nitrogens with zero attached hydrogens (tertiary/aromatic N) is 3. The van der Waals surface area contributed by atoms with E-state index in [0.717, 1.165) is 102 Å². The van der Waals surface area contributed by atoms with Gasteiger partial charge >= 0.3 is 0 Å². The number of para-hydroxylation sites is 8. The molecule has 0 atom stereocenters. The fourth-order valence-electron chi connectivity index (χ4n) is 8.94. The van der Waals surface area contributed by atoms with Gasteiger partial charge in [0, 0.05) is 44.4 Å². The third-order valence-corrected chi connectivity index (χ3v) is 11.1. The minimum absolute atomic E-state index is 0.189. The third-order valence-electron chi connectivity index (χ3n) is 11.1. The number of hydrogen-bond donors (Lipinski definition) is 0. The molecule has 7 heteroatoms. The van der Waals surface area contributed by atoms with Gasteiger partial charge in [0.2, 0.25) is 11.8 Å². The van der Waals surface area contributed by atoms with Gasteiger partial charge in [-0.1, -0.05) is 91.0 Å². The van der Waals surface area contributed by atoms with Crippen molar-refractivity contribution in [3.05, 3.63) is 169 Å². The SMILES string of the molecule is Cc1cc2c3c(c1)N1c4ccccc4Oc4ccccc4N(c4ccccc4)c4cccc5c(c1oc45)B3c1c(oc3ccccc13)N2c1ccccc1. The van der Waals surface area contributed by atoms with Gasteiger partial charge in [-0.2, -0.15) is 0 Å². The van der Waals surface area contributed by atoms with E-state index in [-0.39, 0.29) is 6.71 Å². The van der Waals surface area contributed by atoms with Crippen LogP contribution in [-0.2, 0) is 0 Å². The van der Waals surface area contributed by atoms with Crippen molar-refractivity contribution in [3.63, 3.8) is 0 Å². The molecular formula is C47H30BN3O3. The Morgan fingerprint density at radius 3 is 1.70 bits per heavy atom. The summed E-state index contributed by atoms with van der Waals surface area (Å²) in [6, 6.07) is 57.0. The molecule has 7 aromatic carbocycles. The topological polar surface area (TPSA) is 45.2 Å². The fraction of sp³-hybridized carbons (Fsp3) is 0.0213. The summed E-state index contributed by atoms with van der Waals surface area (Å²) >= 11 is 0. The van der Waals surface area contributed by atoms with Crippen molar-refractivity contribution in [2.24, 2.45) is 0 Å². The van der Waals surface area contributed by atoms with Gasteiger partial charge in [-0.05, 0) is 90.7 Å². The standard InChI is InChI=1S/C47H30BN3O3/c1-29-27-37-44-38(28-29)51-35-22-10-13-26-41(35)52-40-25-12-9-21-34(40)49(30-15-4-2-5-16-30)36-23-14-20-33-43(47(51)54-45(33)36)48(44)42-32-19-8-11-24-39(32)53-46(42)50(37)31-17-6-3-7-18-31/h2-28H,1H3. The van der Waals surface area contributed by atoms with E-state index >= 15 is 0 Å². The van der Waals surface area contributed by atoms with E-state index in [1.54, 1.807) is 0 Å². The van der Waals surface area contributed by atoms with Gasteiger partial charge in [0.15, 0.2) is 17.1 Å². The van der Waals surface area contributed by atoms with Crippen LogP contribution in [0.5, 0.6) is 11.5 Å². The van der Waals surface area contributed by atoms with Crippen molar-refractivity contribution in [3.8, 4) is 11.5 Å². The highest BCUT2D eigenvalue weighted by atomic mass is 16.5. The lowest BCUT2D eigenvalue weighted by Crippen LogP contribution is -2.60. The lowest BCUT2D eigenvalue weighted by molar-refractivity contribution is 0.484. The maximum atomic E-state index is 7.38. The van der Waals surface area contributed by atoms with Crippen molar-refractivity contribution >= 4 is 96.6 Å². The smallest absolute Gasteiger partial charge is 0.262 e. The van der Waals surface area contributed by atoms with Crippen LogP contribution >= 0.6 is 0 Å². The molecular weight excluding hydrogens is 665 g/mol. The van der Waals surface area contributed by atoms with Gasteiger partial charge in [0.1, 0.15) is 5.58 Å². The molecule has 0 N–H and O–H groups in total. The molecule has 0 spiro atoms. The molecule has 0 aliphatic carbocycles. The van der Waals surface area contributed by atoms with E-state index in [4.69, 9.17) is 13.6 Å². The van der Waals surface area contributed by atoms with Gasteiger partial charge in [-0.25, -0.2) is 0 Å². The quantitative estimate of drug-likeness (QED) is 0.168. The molecule has 0 saturated heterocycles. The zero-order valence-electron chi connectivity index (χ0n) is 29.2. The minimum Gasteiger partial charge on any atom is -0.453 e. The second-order valence-corrected chi connectivity index (χ2v) is 14.2. The third kappa shape index (κ3) is 3.95. The fourth-order valence-corrected chi connectivity index (χ4v) is 8.94. The molecule has 0 unspecified atom stereocenters. The number of ether oxygens (including phenoxy) is 1. The number of aryl methyl sites for hydroxylation is 1. The van der Waals surface area contributed by atoms with Gasteiger partial charge in [-0.15, -0.1) is 0 Å². The van der Waals surface area contributed by atoms with Gasteiger partial charge in [0.05, 0.1) is 17.1 Å². The molecule has 6 nitrogen and oxygen atoms in total. The van der Waals surface area contributed by atoms with Gasteiger partial charge in [-0.3, -0.25) is 9.80 Å². The Kier molecular flexibility index (Phi) is 5.97. The largest absolute Gasteiger partial charge is 0.453 e. The van der Waals surface area contributed by atoms with Crippen LogP contribution in [0.25, 0.3) is 21.9 Å². The number of anilines is 9. The highest BCUT2D eigenvalue weighted by Crippen LogP contribution is 2.53. The van der Waals surface area contributed by atoms with E-state index in [1.165, 1.54) is 5.46 Å². The lowest BCUT2D eigenvalue weighted by Gasteiger charge is -2.41. The molecule has 3 aliphatic heterocycles. The van der Waals surface area contributed by atoms with Crippen LogP contribution in [0.15, 0.2) is 173 Å². The highest BCUT2D eigenvalue weighted by molar-refractivity contribution is 7.02. The second kappa shape index (κ2) is 10.9. The summed E-state index contributed by atoms with van der Waals surface area (Å²) in [7, 11) is 0. The van der Waals surface area contributed by atoms with Gasteiger partial charge in [0.25, 0.3) is 6.71 Å². The highest BCUT2D eigenvalue weighted by Gasteiger charge is 2.49. The summed E-state index contributed by atoms with van der Waals surface area (Å²) in [4.78, 5) is 6.84. The Balaban J connectivity index is 1.27. The van der Waals surface area contributed by atoms with Crippen molar-refractivity contribution in [1.82, 2.24) is 0 Å². The Hall–Kier alpha value is -7.12. The maximum absolute atomic E-state index is 7.38. The number of hydrogen-bond acceptors (Lipinski definition) is 6. The molecule has 2 bridgehead atoms. The molecule has 3 aliphatic rings. The zero-order valence-corrected chi connectivity index (χ0v) is 29.2. The molecule has 254 valence electrons. The van der Waals surface area contributed by atoms with E-state index in [9.17, 15) is 0 Å². The van der Waals surface area contributed by atoms with Crippen LogP contribution in [0.2, 0.25) is 0 Å². The zero-order chi connectivity index (χ0) is 35.5. The van der Waals surface area contributed by atoms with Crippen LogP contribution < -0.4 is 35.8 Å². The number of fused-ring (bicyclic) bond motifs is 10. The average Bonchev–Trinajstić information content (AvgIpc) is 3.79. The number of rotatable bonds is 2. The lowest BCUT2D eigenvalue weighted by atomic mass is 9.33. The second-order valence-electron chi connectivity index (χ2n) is 14.2. The first-order chi connectivity index (χ1) is 26.7. The van der Waals surface area contributed by atoms with Crippen LogP contribution in [0.4, 0.5) is 51.6 Å². The van der Waals surface area contributed by atoms with Gasteiger partial charge < -0.3 is 18.5 Å². The predicted molar refractivity (Wildman–Crippen MR) is 220 cm³/mol. The molecule has 0 radical (unpaired) electrons.